The number of hydrogen-bond acceptors (Lipinski definition) is 1. The topological polar surface area (TPSA) is 12.0 Å². The normalized spacial score (nSPS) is 19.4. The van der Waals surface area contributed by atoms with E-state index in [2.05, 4.69) is 38.2 Å². The molecule has 0 bridgehead atoms. The van der Waals surface area contributed by atoms with E-state index in [0.29, 0.717) is 11.5 Å². The number of hydrogen-bond donors (Lipinski definition) is 1. The Morgan fingerprint density at radius 3 is 2.88 bits per heavy atom. The summed E-state index contributed by atoms with van der Waals surface area (Å²) in [5.41, 5.74) is 3.25. The van der Waals surface area contributed by atoms with Crippen molar-refractivity contribution in [3.8, 4) is 0 Å². The van der Waals surface area contributed by atoms with E-state index in [1.165, 1.54) is 24.0 Å². The summed E-state index contributed by atoms with van der Waals surface area (Å²) in [7, 11) is 0. The highest BCUT2D eigenvalue weighted by Gasteiger charge is 2.24. The number of fused-ring (bicyclic) bond motifs is 1. The quantitative estimate of drug-likeness (QED) is 0.839. The van der Waals surface area contributed by atoms with Crippen molar-refractivity contribution in [1.29, 1.82) is 0 Å². The van der Waals surface area contributed by atoms with Crippen molar-refractivity contribution in [3.63, 3.8) is 0 Å². The van der Waals surface area contributed by atoms with Crippen LogP contribution in [0.15, 0.2) is 18.2 Å². The van der Waals surface area contributed by atoms with E-state index in [-0.39, 0.29) is 0 Å². The van der Waals surface area contributed by atoms with Gasteiger partial charge in [-0.3, -0.25) is 0 Å². The van der Waals surface area contributed by atoms with Crippen molar-refractivity contribution in [3.05, 3.63) is 34.3 Å². The van der Waals surface area contributed by atoms with Crippen LogP contribution < -0.4 is 5.32 Å². The summed E-state index contributed by atoms with van der Waals surface area (Å²) in [5.74, 6) is 0. The van der Waals surface area contributed by atoms with Crippen LogP contribution in [-0.4, -0.2) is 6.54 Å². The Bertz CT molecular complexity index is 398. The lowest BCUT2D eigenvalue weighted by molar-refractivity contribution is 0.309. The maximum atomic E-state index is 6.02. The number of aryl methyl sites for hydroxylation is 1. The zero-order valence-corrected chi connectivity index (χ0v) is 11.8. The highest BCUT2D eigenvalue weighted by atomic mass is 35.5. The van der Waals surface area contributed by atoms with Crippen LogP contribution in [0, 0.1) is 5.41 Å². The molecule has 1 aliphatic rings. The highest BCUT2D eigenvalue weighted by Crippen LogP contribution is 2.33. The number of rotatable bonds is 4. The molecule has 0 saturated heterocycles. The lowest BCUT2D eigenvalue weighted by atomic mass is 9.90. The Balaban J connectivity index is 2.03. The zero-order valence-electron chi connectivity index (χ0n) is 11.0. The molecule has 17 heavy (non-hydrogen) atoms. The van der Waals surface area contributed by atoms with Gasteiger partial charge in [0.25, 0.3) is 0 Å². The monoisotopic (exact) mass is 251 g/mol. The second-order valence-electron chi connectivity index (χ2n) is 5.83. The summed E-state index contributed by atoms with van der Waals surface area (Å²) in [4.78, 5) is 0. The second-order valence-corrected chi connectivity index (χ2v) is 6.27. The molecule has 0 aromatic heterocycles. The van der Waals surface area contributed by atoms with Crippen LogP contribution in [0.5, 0.6) is 0 Å². The summed E-state index contributed by atoms with van der Waals surface area (Å²) < 4.78 is 0. The Morgan fingerprint density at radius 1 is 1.41 bits per heavy atom. The zero-order chi connectivity index (χ0) is 12.5. The number of nitrogens with one attached hydrogen (secondary N) is 1. The predicted octanol–water partition coefficient (Wildman–Crippen LogP) is 4.35. The average Bonchev–Trinajstić information content (AvgIpc) is 2.69. The van der Waals surface area contributed by atoms with Gasteiger partial charge in [-0.05, 0) is 47.9 Å². The molecule has 2 heteroatoms. The van der Waals surface area contributed by atoms with Crippen molar-refractivity contribution in [1.82, 2.24) is 5.32 Å². The molecular weight excluding hydrogens is 230 g/mol. The fourth-order valence-corrected chi connectivity index (χ4v) is 2.52. The van der Waals surface area contributed by atoms with Crippen molar-refractivity contribution in [2.75, 3.05) is 6.54 Å². The van der Waals surface area contributed by atoms with Gasteiger partial charge in [-0.15, -0.1) is 0 Å². The summed E-state index contributed by atoms with van der Waals surface area (Å²) in [6, 6.07) is 6.82. The third-order valence-corrected chi connectivity index (χ3v) is 4.20. The van der Waals surface area contributed by atoms with Gasteiger partial charge in [0.1, 0.15) is 0 Å². The van der Waals surface area contributed by atoms with Crippen LogP contribution >= 0.6 is 11.6 Å². The van der Waals surface area contributed by atoms with E-state index in [1.54, 1.807) is 0 Å². The van der Waals surface area contributed by atoms with Gasteiger partial charge in [-0.25, -0.2) is 0 Å². The number of benzene rings is 1. The van der Waals surface area contributed by atoms with E-state index in [9.17, 15) is 0 Å². The van der Waals surface area contributed by atoms with Crippen LogP contribution in [-0.2, 0) is 6.42 Å². The van der Waals surface area contributed by atoms with Crippen LogP contribution in [0.4, 0.5) is 0 Å². The first kappa shape index (κ1) is 12.9. The molecule has 0 saturated carbocycles. The Labute approximate surface area is 110 Å². The van der Waals surface area contributed by atoms with Crippen LogP contribution in [0.1, 0.15) is 50.8 Å². The van der Waals surface area contributed by atoms with E-state index in [0.717, 1.165) is 18.0 Å². The molecule has 1 atom stereocenters. The smallest absolute Gasteiger partial charge is 0.0408 e. The third kappa shape index (κ3) is 3.02. The first-order chi connectivity index (χ1) is 8.02. The predicted molar refractivity (Wildman–Crippen MR) is 74.6 cm³/mol. The van der Waals surface area contributed by atoms with Crippen molar-refractivity contribution in [2.45, 2.75) is 46.1 Å². The molecule has 0 radical (unpaired) electrons. The molecule has 1 unspecified atom stereocenters. The fourth-order valence-electron chi connectivity index (χ4n) is 2.32. The Morgan fingerprint density at radius 2 is 2.18 bits per heavy atom. The summed E-state index contributed by atoms with van der Waals surface area (Å²) in [5, 5.41) is 4.56. The standard InChI is InChI=1S/C15H22ClN/c1-4-15(2,3)10-17-14-8-5-11-9-12(16)6-7-13(11)14/h6-7,9,14,17H,4-5,8,10H2,1-3H3. The molecule has 1 nitrogen and oxygen atoms in total. The third-order valence-electron chi connectivity index (χ3n) is 3.97. The molecule has 0 aliphatic heterocycles. The second kappa shape index (κ2) is 4.99. The minimum atomic E-state index is 0.384. The van der Waals surface area contributed by atoms with Gasteiger partial charge in [0.2, 0.25) is 0 Å². The van der Waals surface area contributed by atoms with Gasteiger partial charge in [-0.2, -0.15) is 0 Å². The van der Waals surface area contributed by atoms with Crippen LogP contribution in [0.25, 0.3) is 0 Å². The molecule has 0 amide bonds. The molecule has 1 aromatic rings. The Hall–Kier alpha value is -0.530. The summed E-state index contributed by atoms with van der Waals surface area (Å²) in [6.07, 6.45) is 3.57. The van der Waals surface area contributed by atoms with Crippen LogP contribution in [0.3, 0.4) is 0 Å². The minimum Gasteiger partial charge on any atom is -0.309 e. The maximum absolute atomic E-state index is 6.02. The van der Waals surface area contributed by atoms with Gasteiger partial charge < -0.3 is 5.32 Å². The van der Waals surface area contributed by atoms with Gasteiger partial charge in [0, 0.05) is 17.6 Å². The van der Waals surface area contributed by atoms with Crippen molar-refractivity contribution >= 4 is 11.6 Å². The Kier molecular flexibility index (Phi) is 3.79. The maximum Gasteiger partial charge on any atom is 0.0408 e. The summed E-state index contributed by atoms with van der Waals surface area (Å²) in [6.45, 7) is 7.97. The molecule has 0 heterocycles. The number of halogens is 1. The van der Waals surface area contributed by atoms with Crippen molar-refractivity contribution in [2.24, 2.45) is 5.41 Å². The molecule has 1 aromatic carbocycles. The van der Waals surface area contributed by atoms with Crippen molar-refractivity contribution < 1.29 is 0 Å². The van der Waals surface area contributed by atoms with E-state index in [4.69, 9.17) is 11.6 Å². The van der Waals surface area contributed by atoms with Crippen LogP contribution in [0.2, 0.25) is 5.02 Å². The molecule has 0 fully saturated rings. The van der Waals surface area contributed by atoms with Gasteiger partial charge >= 0.3 is 0 Å². The average molecular weight is 252 g/mol. The SMILES string of the molecule is CCC(C)(C)CNC1CCc2cc(Cl)ccc21. The molecule has 94 valence electrons. The first-order valence-electron chi connectivity index (χ1n) is 6.53. The first-order valence-corrected chi connectivity index (χ1v) is 6.91. The largest absolute Gasteiger partial charge is 0.309 e. The summed E-state index contributed by atoms with van der Waals surface area (Å²) >= 11 is 6.02. The highest BCUT2D eigenvalue weighted by molar-refractivity contribution is 6.30. The molecule has 2 rings (SSSR count). The van der Waals surface area contributed by atoms with E-state index in [1.807, 2.05) is 6.07 Å². The van der Waals surface area contributed by atoms with Gasteiger partial charge in [0.05, 0.1) is 0 Å². The van der Waals surface area contributed by atoms with E-state index < -0.39 is 0 Å². The molecular formula is C15H22ClN. The van der Waals surface area contributed by atoms with Gasteiger partial charge in [0.15, 0.2) is 0 Å². The lowest BCUT2D eigenvalue weighted by Gasteiger charge is -2.26. The molecule has 1 aliphatic carbocycles. The van der Waals surface area contributed by atoms with E-state index >= 15 is 0 Å². The minimum absolute atomic E-state index is 0.384. The lowest BCUT2D eigenvalue weighted by Crippen LogP contribution is -2.31. The van der Waals surface area contributed by atoms with Gasteiger partial charge in [-0.1, -0.05) is 38.4 Å². The molecule has 0 spiro atoms. The molecule has 1 N–H and O–H groups in total. The fraction of sp³-hybridized carbons (Fsp3) is 0.600.